The molecule has 0 bridgehead atoms. The van der Waals surface area contributed by atoms with Gasteiger partial charge in [-0.25, -0.2) is 0 Å². The van der Waals surface area contributed by atoms with Crippen LogP contribution in [0, 0.1) is 0 Å². The van der Waals surface area contributed by atoms with Gasteiger partial charge in [-0.3, -0.25) is 4.90 Å². The molecule has 1 fully saturated rings. The van der Waals surface area contributed by atoms with Crippen LogP contribution in [0.25, 0.3) is 0 Å². The van der Waals surface area contributed by atoms with Crippen molar-refractivity contribution in [2.75, 3.05) is 6.54 Å². The van der Waals surface area contributed by atoms with Gasteiger partial charge in [-0.2, -0.15) is 8.78 Å². The Balaban J connectivity index is 2.73. The lowest BCUT2D eigenvalue weighted by atomic mass is 10.1. The summed E-state index contributed by atoms with van der Waals surface area (Å²) in [6, 6.07) is 0.679. The molecular formula is C10H17F2N. The van der Waals surface area contributed by atoms with Crippen molar-refractivity contribution in [1.29, 1.82) is 0 Å². The van der Waals surface area contributed by atoms with Crippen LogP contribution in [-0.2, 0) is 0 Å². The van der Waals surface area contributed by atoms with Crippen LogP contribution in [0.15, 0.2) is 11.7 Å². The van der Waals surface area contributed by atoms with Gasteiger partial charge < -0.3 is 0 Å². The molecule has 1 atom stereocenters. The second-order valence-electron chi connectivity index (χ2n) is 3.90. The Morgan fingerprint density at radius 1 is 1.54 bits per heavy atom. The van der Waals surface area contributed by atoms with Crippen LogP contribution in [-0.4, -0.2) is 23.5 Å². The molecule has 0 aromatic heterocycles. The number of likely N-dealkylation sites (tertiary alicyclic amines) is 1. The highest BCUT2D eigenvalue weighted by atomic mass is 19.3. The fourth-order valence-electron chi connectivity index (χ4n) is 1.94. The van der Waals surface area contributed by atoms with Crippen molar-refractivity contribution >= 4 is 0 Å². The van der Waals surface area contributed by atoms with Crippen molar-refractivity contribution in [2.45, 2.75) is 45.7 Å². The monoisotopic (exact) mass is 189 g/mol. The quantitative estimate of drug-likeness (QED) is 0.645. The molecule has 76 valence electrons. The van der Waals surface area contributed by atoms with Gasteiger partial charge in [-0.05, 0) is 26.7 Å². The van der Waals surface area contributed by atoms with Crippen molar-refractivity contribution in [3.8, 4) is 0 Å². The predicted molar refractivity (Wildman–Crippen MR) is 49.8 cm³/mol. The summed E-state index contributed by atoms with van der Waals surface area (Å²) < 4.78 is 24.7. The van der Waals surface area contributed by atoms with Crippen LogP contribution in [0.1, 0.15) is 33.6 Å². The zero-order valence-electron chi connectivity index (χ0n) is 8.48. The molecule has 0 spiro atoms. The molecule has 0 radical (unpaired) electrons. The van der Waals surface area contributed by atoms with Crippen molar-refractivity contribution in [3.05, 3.63) is 11.7 Å². The third kappa shape index (κ3) is 2.27. The average molecular weight is 189 g/mol. The molecule has 0 aromatic carbocycles. The molecule has 1 rings (SSSR count). The minimum Gasteiger partial charge on any atom is -0.294 e. The summed E-state index contributed by atoms with van der Waals surface area (Å²) in [4.78, 5) is 2.15. The van der Waals surface area contributed by atoms with Gasteiger partial charge in [0, 0.05) is 24.2 Å². The van der Waals surface area contributed by atoms with Crippen molar-refractivity contribution in [2.24, 2.45) is 0 Å². The smallest absolute Gasteiger partial charge is 0.270 e. The maximum atomic E-state index is 12.3. The minimum atomic E-state index is -1.47. The first kappa shape index (κ1) is 10.6. The van der Waals surface area contributed by atoms with E-state index in [2.05, 4.69) is 25.7 Å². The normalized spacial score (nSPS) is 24.5. The molecule has 0 aliphatic carbocycles. The van der Waals surface area contributed by atoms with Crippen molar-refractivity contribution in [3.63, 3.8) is 0 Å². The molecule has 1 unspecified atom stereocenters. The van der Waals surface area contributed by atoms with Gasteiger partial charge in [0.2, 0.25) is 0 Å². The highest BCUT2D eigenvalue weighted by molar-refractivity contribution is 5.13. The highest BCUT2D eigenvalue weighted by Crippen LogP contribution is 2.29. The molecule has 3 heteroatoms. The van der Waals surface area contributed by atoms with E-state index in [-0.39, 0.29) is 0 Å². The van der Waals surface area contributed by atoms with Gasteiger partial charge in [-0.1, -0.05) is 6.92 Å². The summed E-state index contributed by atoms with van der Waals surface area (Å²) in [5, 5.41) is 0. The summed E-state index contributed by atoms with van der Waals surface area (Å²) in [7, 11) is 0. The van der Waals surface area contributed by atoms with Gasteiger partial charge in [0.25, 0.3) is 6.08 Å². The molecule has 1 saturated heterocycles. The van der Waals surface area contributed by atoms with Crippen LogP contribution in [0.5, 0.6) is 0 Å². The third-order valence-corrected chi connectivity index (χ3v) is 2.73. The van der Waals surface area contributed by atoms with Gasteiger partial charge in [-0.15, -0.1) is 0 Å². The summed E-state index contributed by atoms with van der Waals surface area (Å²) in [5.74, 6) is 0. The van der Waals surface area contributed by atoms with E-state index in [4.69, 9.17) is 0 Å². The predicted octanol–water partition coefficient (Wildman–Crippen LogP) is 3.03. The van der Waals surface area contributed by atoms with E-state index in [0.29, 0.717) is 30.6 Å². The van der Waals surface area contributed by atoms with E-state index in [0.717, 1.165) is 6.42 Å². The Hall–Kier alpha value is -0.440. The Kier molecular flexibility index (Phi) is 3.42. The Labute approximate surface area is 78.4 Å². The first-order valence-electron chi connectivity index (χ1n) is 4.85. The minimum absolute atomic E-state index is 0.316. The van der Waals surface area contributed by atoms with E-state index < -0.39 is 6.08 Å². The highest BCUT2D eigenvalue weighted by Gasteiger charge is 2.30. The average Bonchev–Trinajstić information content (AvgIpc) is 2.47. The molecule has 0 saturated carbocycles. The Morgan fingerprint density at radius 3 is 2.46 bits per heavy atom. The van der Waals surface area contributed by atoms with Crippen molar-refractivity contribution < 1.29 is 8.78 Å². The lowest BCUT2D eigenvalue weighted by Crippen LogP contribution is -2.34. The van der Waals surface area contributed by atoms with E-state index >= 15 is 0 Å². The molecule has 1 aliphatic heterocycles. The maximum Gasteiger partial charge on any atom is 0.270 e. The number of halogens is 2. The topological polar surface area (TPSA) is 3.24 Å². The number of hydrogen-bond acceptors (Lipinski definition) is 1. The fraction of sp³-hybridized carbons (Fsp3) is 0.800. The summed E-state index contributed by atoms with van der Waals surface area (Å²) >= 11 is 0. The van der Waals surface area contributed by atoms with E-state index in [1.807, 2.05) is 0 Å². The molecular weight excluding hydrogens is 172 g/mol. The van der Waals surface area contributed by atoms with Crippen LogP contribution < -0.4 is 0 Å². The van der Waals surface area contributed by atoms with E-state index in [9.17, 15) is 8.78 Å². The van der Waals surface area contributed by atoms with Gasteiger partial charge in [0.05, 0.1) is 0 Å². The van der Waals surface area contributed by atoms with Crippen LogP contribution in [0.2, 0.25) is 0 Å². The number of hydrogen-bond donors (Lipinski definition) is 0. The first-order chi connectivity index (χ1) is 6.06. The Bertz CT molecular complexity index is 207. The number of rotatable bonds is 2. The van der Waals surface area contributed by atoms with Gasteiger partial charge in [0.15, 0.2) is 0 Å². The van der Waals surface area contributed by atoms with Crippen LogP contribution in [0.4, 0.5) is 8.78 Å². The SMILES string of the molecule is CCC1CC(=C(F)F)CN1C(C)C. The summed E-state index contributed by atoms with van der Waals surface area (Å²) in [6.07, 6.45) is 0.0352. The Morgan fingerprint density at radius 2 is 2.15 bits per heavy atom. The molecule has 1 heterocycles. The van der Waals surface area contributed by atoms with E-state index in [1.165, 1.54) is 0 Å². The second-order valence-corrected chi connectivity index (χ2v) is 3.90. The zero-order valence-corrected chi connectivity index (χ0v) is 8.48. The maximum absolute atomic E-state index is 12.3. The summed E-state index contributed by atoms with van der Waals surface area (Å²) in [5.41, 5.74) is 0.334. The lowest BCUT2D eigenvalue weighted by molar-refractivity contribution is 0.201. The molecule has 13 heavy (non-hydrogen) atoms. The summed E-state index contributed by atoms with van der Waals surface area (Å²) in [6.45, 7) is 6.63. The first-order valence-corrected chi connectivity index (χ1v) is 4.85. The molecule has 0 aromatic rings. The van der Waals surface area contributed by atoms with Crippen molar-refractivity contribution in [1.82, 2.24) is 4.90 Å². The van der Waals surface area contributed by atoms with Gasteiger partial charge in [0.1, 0.15) is 0 Å². The fourth-order valence-corrected chi connectivity index (χ4v) is 1.94. The molecule has 0 amide bonds. The lowest BCUT2D eigenvalue weighted by Gasteiger charge is -2.26. The second kappa shape index (κ2) is 4.18. The third-order valence-electron chi connectivity index (χ3n) is 2.73. The van der Waals surface area contributed by atoms with Crippen LogP contribution in [0.3, 0.4) is 0 Å². The molecule has 1 nitrogen and oxygen atoms in total. The number of nitrogens with zero attached hydrogens (tertiary/aromatic N) is 1. The van der Waals surface area contributed by atoms with Gasteiger partial charge >= 0.3 is 0 Å². The molecule has 1 aliphatic rings. The molecule has 0 N–H and O–H groups in total. The standard InChI is InChI=1S/C10H17F2N/c1-4-9-5-8(10(11)12)6-13(9)7(2)3/h7,9H,4-6H2,1-3H3. The van der Waals surface area contributed by atoms with Crippen LogP contribution >= 0.6 is 0 Å². The zero-order chi connectivity index (χ0) is 10.0. The van der Waals surface area contributed by atoms with E-state index in [1.54, 1.807) is 0 Å². The largest absolute Gasteiger partial charge is 0.294 e.